The van der Waals surface area contributed by atoms with E-state index in [-0.39, 0.29) is 37.9 Å². The van der Waals surface area contributed by atoms with E-state index in [1.165, 1.54) is 0 Å². The lowest BCUT2D eigenvalue weighted by Crippen LogP contribution is -2.66. The van der Waals surface area contributed by atoms with Crippen molar-refractivity contribution in [2.24, 2.45) is 0 Å². The predicted octanol–water partition coefficient (Wildman–Crippen LogP) is 8.71. The summed E-state index contributed by atoms with van der Waals surface area (Å²) in [5, 5.41) is 0. The van der Waals surface area contributed by atoms with Crippen molar-refractivity contribution in [1.82, 2.24) is 9.80 Å². The number of nitrogens with zero attached hydrogens (tertiary/aromatic N) is 2. The maximum absolute atomic E-state index is 15.3. The molecule has 284 valence electrons. The highest BCUT2D eigenvalue weighted by atomic mass is 16.7. The molecule has 0 spiro atoms. The molecule has 2 amide bonds. The van der Waals surface area contributed by atoms with Gasteiger partial charge in [0.15, 0.2) is 0 Å². The number of rotatable bonds is 12. The monoisotopic (exact) mass is 734 g/mol. The molecule has 0 unspecified atom stereocenters. The molecule has 0 aliphatic carbocycles. The van der Waals surface area contributed by atoms with E-state index in [4.69, 9.17) is 18.9 Å². The van der Waals surface area contributed by atoms with Gasteiger partial charge < -0.3 is 28.7 Å². The Balaban J connectivity index is 1.61. The summed E-state index contributed by atoms with van der Waals surface area (Å²) >= 11 is 0. The molecular formula is C44H50N2O8. The molecule has 0 saturated carbocycles. The lowest BCUT2D eigenvalue weighted by atomic mass is 9.86. The number of amides is 2. The zero-order valence-electron chi connectivity index (χ0n) is 32.4. The fourth-order valence-electron chi connectivity index (χ4n) is 7.51. The van der Waals surface area contributed by atoms with Gasteiger partial charge in [-0.1, -0.05) is 60.7 Å². The molecule has 0 N–H and O–H groups in total. The Labute approximate surface area is 318 Å². The zero-order valence-corrected chi connectivity index (χ0v) is 32.4. The highest BCUT2D eigenvalue weighted by molar-refractivity contribution is 5.98. The molecule has 0 aromatic heterocycles. The van der Waals surface area contributed by atoms with Crippen molar-refractivity contribution in [3.63, 3.8) is 0 Å². The molecule has 1 aliphatic rings. The third-order valence-electron chi connectivity index (χ3n) is 10.2. The summed E-state index contributed by atoms with van der Waals surface area (Å²) in [5.41, 5.74) is 6.88. The Morgan fingerprint density at radius 3 is 1.19 bits per heavy atom. The average Bonchev–Trinajstić information content (AvgIpc) is 3.13. The third-order valence-corrected chi connectivity index (χ3v) is 10.2. The zero-order chi connectivity index (χ0) is 39.1. The first-order valence-electron chi connectivity index (χ1n) is 18.5. The smallest absolute Gasteiger partial charge is 0.434 e. The number of carbonyl (C=O) groups is 4. The van der Waals surface area contributed by atoms with E-state index in [1.807, 2.05) is 102 Å². The Morgan fingerprint density at radius 2 is 0.889 bits per heavy atom. The summed E-state index contributed by atoms with van der Waals surface area (Å²) in [6.45, 7) is 15.4. The largest absolute Gasteiger partial charge is 0.513 e. The number of carbonyl (C=O) groups excluding carboxylic acids is 4. The number of ether oxygens (including phenoxy) is 4. The van der Waals surface area contributed by atoms with Gasteiger partial charge in [0.1, 0.15) is 23.6 Å². The Morgan fingerprint density at radius 1 is 0.574 bits per heavy atom. The fourth-order valence-corrected chi connectivity index (χ4v) is 7.51. The summed E-state index contributed by atoms with van der Waals surface area (Å²) in [7, 11) is 0. The van der Waals surface area contributed by atoms with Crippen molar-refractivity contribution in [2.45, 2.75) is 92.4 Å². The van der Waals surface area contributed by atoms with Gasteiger partial charge in [-0.25, -0.2) is 9.59 Å². The van der Waals surface area contributed by atoms with Gasteiger partial charge in [-0.3, -0.25) is 9.59 Å². The van der Waals surface area contributed by atoms with Gasteiger partial charge in [0, 0.05) is 12.8 Å². The van der Waals surface area contributed by atoms with Gasteiger partial charge in [0.2, 0.25) is 11.8 Å². The van der Waals surface area contributed by atoms with Gasteiger partial charge >= 0.3 is 12.3 Å². The second-order valence-electron chi connectivity index (χ2n) is 13.7. The highest BCUT2D eigenvalue weighted by Gasteiger charge is 2.49. The van der Waals surface area contributed by atoms with E-state index in [0.717, 1.165) is 44.5 Å². The van der Waals surface area contributed by atoms with E-state index >= 15 is 9.59 Å². The summed E-state index contributed by atoms with van der Waals surface area (Å²) in [6, 6.07) is 24.0. The van der Waals surface area contributed by atoms with Gasteiger partial charge in [0.25, 0.3) is 0 Å². The lowest BCUT2D eigenvalue weighted by molar-refractivity contribution is -0.167. The van der Waals surface area contributed by atoms with Gasteiger partial charge in [-0.05, 0) is 124 Å². The predicted molar refractivity (Wildman–Crippen MR) is 206 cm³/mol. The Bertz CT molecular complexity index is 1790. The second kappa shape index (κ2) is 17.5. The molecule has 4 aromatic carbocycles. The van der Waals surface area contributed by atoms with E-state index < -0.39 is 36.5 Å². The molecule has 10 heteroatoms. The van der Waals surface area contributed by atoms with E-state index in [9.17, 15) is 9.59 Å². The molecule has 0 bridgehead atoms. The Kier molecular flexibility index (Phi) is 12.8. The summed E-state index contributed by atoms with van der Waals surface area (Å²) in [4.78, 5) is 58.4. The molecule has 10 nitrogen and oxygen atoms in total. The van der Waals surface area contributed by atoms with Crippen LogP contribution < -0.4 is 9.47 Å². The molecule has 0 radical (unpaired) electrons. The minimum absolute atomic E-state index is 0.165. The molecule has 4 atom stereocenters. The third kappa shape index (κ3) is 8.76. The van der Waals surface area contributed by atoms with Crippen LogP contribution in [-0.4, -0.2) is 59.2 Å². The van der Waals surface area contributed by atoms with Crippen LogP contribution in [-0.2, 0) is 31.9 Å². The number of hydrogen-bond acceptors (Lipinski definition) is 8. The van der Waals surface area contributed by atoms with Crippen LogP contribution in [0.2, 0.25) is 0 Å². The molecule has 1 aliphatic heterocycles. The molecule has 54 heavy (non-hydrogen) atoms. The first-order valence-corrected chi connectivity index (χ1v) is 18.5. The molecule has 4 aromatic rings. The average molecular weight is 735 g/mol. The van der Waals surface area contributed by atoms with Crippen molar-refractivity contribution in [2.75, 3.05) is 13.2 Å². The first-order chi connectivity index (χ1) is 25.8. The van der Waals surface area contributed by atoms with E-state index in [2.05, 4.69) is 0 Å². The standard InChI is InChI=1S/C44H50N2O8/c1-9-51-43(49)53-35-21-27(3)37(28(4)22-35)25-39-41(47)46(32(8)34-19-15-12-16-20-34)40(42(48)45(39)31(7)33-17-13-11-14-18-33)26-38-29(5)23-36(24-30(38)6)54-44(50)52-10-2/h11-24,31-32,39-40H,9-10,25-26H2,1-8H3/t31-,32-,39-,40-/m0/s1. The van der Waals surface area contributed by atoms with Gasteiger partial charge in [0.05, 0.1) is 25.3 Å². The second-order valence-corrected chi connectivity index (χ2v) is 13.7. The van der Waals surface area contributed by atoms with Crippen LogP contribution in [0, 0.1) is 27.7 Å². The van der Waals surface area contributed by atoms with Crippen LogP contribution in [0.1, 0.15) is 84.3 Å². The van der Waals surface area contributed by atoms with Crippen molar-refractivity contribution in [3.05, 3.63) is 129 Å². The number of aryl methyl sites for hydroxylation is 4. The van der Waals surface area contributed by atoms with Crippen LogP contribution >= 0.6 is 0 Å². The number of hydrogen-bond donors (Lipinski definition) is 0. The van der Waals surface area contributed by atoms with Crippen molar-refractivity contribution < 1.29 is 38.1 Å². The van der Waals surface area contributed by atoms with Gasteiger partial charge in [-0.15, -0.1) is 0 Å². The van der Waals surface area contributed by atoms with Crippen molar-refractivity contribution in [3.8, 4) is 11.5 Å². The first kappa shape index (κ1) is 39.6. The summed E-state index contributed by atoms with van der Waals surface area (Å²) in [6.07, 6.45) is -1.07. The van der Waals surface area contributed by atoms with Crippen LogP contribution in [0.4, 0.5) is 9.59 Å². The van der Waals surface area contributed by atoms with Crippen LogP contribution in [0.5, 0.6) is 11.5 Å². The molecule has 1 saturated heterocycles. The van der Waals surface area contributed by atoms with Crippen LogP contribution in [0.25, 0.3) is 0 Å². The summed E-state index contributed by atoms with van der Waals surface area (Å²) in [5.74, 6) is 0.358. The van der Waals surface area contributed by atoms with Gasteiger partial charge in [-0.2, -0.15) is 0 Å². The fraction of sp³-hybridized carbons (Fsp3) is 0.364. The maximum Gasteiger partial charge on any atom is 0.513 e. The SMILES string of the molecule is CCOC(=O)Oc1cc(C)c(C[C@H]2C(=O)N([C@@H](C)c3ccccc3)[C@@H](Cc3c(C)cc(OC(=O)OCC)cc3C)C(=O)N2[C@@H](C)c2ccccc2)c(C)c1. The topological polar surface area (TPSA) is 112 Å². The van der Waals surface area contributed by atoms with Crippen LogP contribution in [0.15, 0.2) is 84.9 Å². The molecule has 5 rings (SSSR count). The highest BCUT2D eigenvalue weighted by Crippen LogP contribution is 2.38. The number of benzene rings is 4. The quantitative estimate of drug-likeness (QED) is 0.105. The van der Waals surface area contributed by atoms with Crippen LogP contribution in [0.3, 0.4) is 0 Å². The number of piperazine rings is 1. The maximum atomic E-state index is 15.3. The van der Waals surface area contributed by atoms with Crippen molar-refractivity contribution in [1.29, 1.82) is 0 Å². The van der Waals surface area contributed by atoms with E-state index in [1.54, 1.807) is 47.9 Å². The lowest BCUT2D eigenvalue weighted by Gasteiger charge is -2.50. The Hall–Kier alpha value is -5.64. The summed E-state index contributed by atoms with van der Waals surface area (Å²) < 4.78 is 20.8. The normalized spacial score (nSPS) is 16.8. The molecular weight excluding hydrogens is 684 g/mol. The molecule has 1 heterocycles. The van der Waals surface area contributed by atoms with E-state index in [0.29, 0.717) is 11.5 Å². The van der Waals surface area contributed by atoms with Crippen molar-refractivity contribution >= 4 is 24.1 Å². The minimum atomic E-state index is -0.841. The minimum Gasteiger partial charge on any atom is -0.434 e. The molecule has 1 fully saturated rings.